The normalized spacial score (nSPS) is 10.1. The van der Waals surface area contributed by atoms with Crippen molar-refractivity contribution in [1.29, 1.82) is 0 Å². The van der Waals surface area contributed by atoms with Gasteiger partial charge < -0.3 is 42.3 Å². The van der Waals surface area contributed by atoms with Crippen molar-refractivity contribution in [3.05, 3.63) is 38.4 Å². The molecule has 0 saturated heterocycles. The molecule has 0 aliphatic heterocycles. The molecule has 0 bridgehead atoms. The molecule has 6 N–H and O–H groups in total. The van der Waals surface area contributed by atoms with Crippen LogP contribution in [0.25, 0.3) is 0 Å². The van der Waals surface area contributed by atoms with Gasteiger partial charge in [-0.3, -0.25) is 0 Å². The Morgan fingerprint density at radius 1 is 1.04 bits per heavy atom. The maximum Gasteiger partial charge on any atom is 0.389 e. The lowest BCUT2D eigenvalue weighted by molar-refractivity contribution is -0.388. The summed E-state index contributed by atoms with van der Waals surface area (Å²) in [6.45, 7) is 0. The largest absolute Gasteiger partial charge is 0.392 e. The molecule has 0 fully saturated rings. The van der Waals surface area contributed by atoms with Gasteiger partial charge in [0.2, 0.25) is 5.82 Å². The van der Waals surface area contributed by atoms with Crippen molar-refractivity contribution in [1.82, 2.24) is 9.97 Å². The Labute approximate surface area is 128 Å². The van der Waals surface area contributed by atoms with E-state index in [2.05, 4.69) is 20.6 Å². The Morgan fingerprint density at radius 2 is 1.70 bits per heavy atom. The highest BCUT2D eigenvalue weighted by Gasteiger charge is 2.22. The third-order valence-electron chi connectivity index (χ3n) is 2.81. The summed E-state index contributed by atoms with van der Waals surface area (Å²) in [4.78, 5) is 27.7. The number of nitrogens with two attached hydrogens (primary N) is 2. The van der Waals surface area contributed by atoms with Gasteiger partial charge in [0.15, 0.2) is 0 Å². The molecule has 0 radical (unpaired) electrons. The first kappa shape index (κ1) is 15.7. The topological polar surface area (TPSA) is 188 Å². The van der Waals surface area contributed by atoms with E-state index in [0.717, 1.165) is 0 Å². The SMILES string of the molecule is CNc1ccc(Nc2cc(N)c([N+](=O)[O-])nc2N)c([N+](=O)[O-])n1. The quantitative estimate of drug-likeness (QED) is 0.460. The standard InChI is InChI=1S/C11H12N8O4/c1-14-8-3-2-6(11(16-8)19(22)23)15-7-4-5(12)10(18(20)21)17-9(7)13/h2-4,15H,12H2,1H3,(H2,13,17)(H,14,16). The highest BCUT2D eigenvalue weighted by Crippen LogP contribution is 2.32. The van der Waals surface area contributed by atoms with Crippen molar-refractivity contribution in [2.75, 3.05) is 29.1 Å². The fraction of sp³-hybridized carbons (Fsp3) is 0.0909. The number of rotatable bonds is 5. The van der Waals surface area contributed by atoms with Gasteiger partial charge in [-0.15, -0.1) is 0 Å². The summed E-state index contributed by atoms with van der Waals surface area (Å²) >= 11 is 0. The number of nitrogens with zero attached hydrogens (tertiary/aromatic N) is 4. The zero-order valence-corrected chi connectivity index (χ0v) is 11.8. The molecule has 0 aliphatic rings. The van der Waals surface area contributed by atoms with Gasteiger partial charge in [-0.1, -0.05) is 0 Å². The van der Waals surface area contributed by atoms with Crippen LogP contribution in [0.15, 0.2) is 18.2 Å². The number of nitrogen functional groups attached to an aromatic ring is 2. The van der Waals surface area contributed by atoms with Gasteiger partial charge in [-0.05, 0) is 31.9 Å². The van der Waals surface area contributed by atoms with E-state index in [1.54, 1.807) is 7.05 Å². The average Bonchev–Trinajstić information content (AvgIpc) is 2.50. The summed E-state index contributed by atoms with van der Waals surface area (Å²) in [7, 11) is 1.57. The maximum atomic E-state index is 11.1. The van der Waals surface area contributed by atoms with E-state index >= 15 is 0 Å². The van der Waals surface area contributed by atoms with Gasteiger partial charge in [0.1, 0.15) is 17.1 Å². The van der Waals surface area contributed by atoms with Gasteiger partial charge in [0.25, 0.3) is 5.82 Å². The summed E-state index contributed by atoms with van der Waals surface area (Å²) in [5.74, 6) is -0.964. The van der Waals surface area contributed by atoms with Crippen molar-refractivity contribution < 1.29 is 9.85 Å². The second-order valence-corrected chi connectivity index (χ2v) is 4.29. The second kappa shape index (κ2) is 5.97. The lowest BCUT2D eigenvalue weighted by Gasteiger charge is -2.08. The molecule has 0 atom stereocenters. The smallest absolute Gasteiger partial charge is 0.389 e. The zero-order chi connectivity index (χ0) is 17.1. The lowest BCUT2D eigenvalue weighted by Crippen LogP contribution is -2.07. The molecule has 2 aromatic heterocycles. The second-order valence-electron chi connectivity index (χ2n) is 4.29. The van der Waals surface area contributed by atoms with E-state index in [9.17, 15) is 20.2 Å². The lowest BCUT2D eigenvalue weighted by atomic mass is 10.3. The van der Waals surface area contributed by atoms with Crippen LogP contribution in [-0.2, 0) is 0 Å². The molecule has 2 aromatic rings. The van der Waals surface area contributed by atoms with Gasteiger partial charge in [0, 0.05) is 13.1 Å². The van der Waals surface area contributed by atoms with Crippen LogP contribution >= 0.6 is 0 Å². The molecule has 2 rings (SSSR count). The summed E-state index contributed by atoms with van der Waals surface area (Å²) < 4.78 is 0. The first-order valence-electron chi connectivity index (χ1n) is 6.14. The average molecular weight is 320 g/mol. The van der Waals surface area contributed by atoms with Gasteiger partial charge in [-0.25, -0.2) is 0 Å². The Hall–Kier alpha value is -3.70. The highest BCUT2D eigenvalue weighted by molar-refractivity contribution is 5.79. The fourth-order valence-corrected chi connectivity index (χ4v) is 1.75. The number of pyridine rings is 2. The monoisotopic (exact) mass is 320 g/mol. The van der Waals surface area contributed by atoms with Crippen LogP contribution in [0.5, 0.6) is 0 Å². The van der Waals surface area contributed by atoms with E-state index in [4.69, 9.17) is 11.5 Å². The molecule has 12 nitrogen and oxygen atoms in total. The van der Waals surface area contributed by atoms with Crippen molar-refractivity contribution >= 4 is 40.3 Å². The van der Waals surface area contributed by atoms with Gasteiger partial charge in [0.05, 0.1) is 0 Å². The molecule has 23 heavy (non-hydrogen) atoms. The van der Waals surface area contributed by atoms with E-state index in [1.807, 2.05) is 0 Å². The number of aromatic nitrogens is 2. The van der Waals surface area contributed by atoms with Crippen molar-refractivity contribution in [2.45, 2.75) is 0 Å². The van der Waals surface area contributed by atoms with Crippen LogP contribution in [0.3, 0.4) is 0 Å². The Balaban J connectivity index is 2.45. The van der Waals surface area contributed by atoms with Crippen LogP contribution in [-0.4, -0.2) is 26.9 Å². The summed E-state index contributed by atoms with van der Waals surface area (Å²) in [6, 6.07) is 4.10. The molecule has 0 aliphatic carbocycles. The first-order valence-corrected chi connectivity index (χ1v) is 6.14. The molecular weight excluding hydrogens is 308 g/mol. The molecular formula is C11H12N8O4. The predicted octanol–water partition coefficient (Wildman–Crippen LogP) is 1.24. The van der Waals surface area contributed by atoms with Crippen LogP contribution in [0, 0.1) is 20.2 Å². The molecule has 2 heterocycles. The van der Waals surface area contributed by atoms with Gasteiger partial charge in [-0.2, -0.15) is 0 Å². The third kappa shape index (κ3) is 3.15. The highest BCUT2D eigenvalue weighted by atomic mass is 16.6. The van der Waals surface area contributed by atoms with E-state index in [-0.39, 0.29) is 22.9 Å². The third-order valence-corrected chi connectivity index (χ3v) is 2.81. The maximum absolute atomic E-state index is 11.1. The number of nitro groups is 2. The molecule has 0 saturated carbocycles. The fourth-order valence-electron chi connectivity index (χ4n) is 1.75. The van der Waals surface area contributed by atoms with Crippen molar-refractivity contribution in [3.8, 4) is 0 Å². The van der Waals surface area contributed by atoms with Crippen molar-refractivity contribution in [2.24, 2.45) is 0 Å². The van der Waals surface area contributed by atoms with Crippen molar-refractivity contribution in [3.63, 3.8) is 0 Å². The Bertz CT molecular complexity index is 794. The number of hydrogen-bond acceptors (Lipinski definition) is 10. The number of hydrogen-bond donors (Lipinski definition) is 4. The zero-order valence-electron chi connectivity index (χ0n) is 11.8. The van der Waals surface area contributed by atoms with Crippen LogP contribution in [0.1, 0.15) is 0 Å². The number of nitrogens with one attached hydrogen (secondary N) is 2. The van der Waals surface area contributed by atoms with Crippen LogP contribution in [0.2, 0.25) is 0 Å². The molecule has 0 amide bonds. The van der Waals surface area contributed by atoms with E-state index in [0.29, 0.717) is 5.82 Å². The first-order chi connectivity index (χ1) is 10.8. The van der Waals surface area contributed by atoms with Crippen LogP contribution in [0.4, 0.5) is 40.3 Å². The predicted molar refractivity (Wildman–Crippen MR) is 83.4 cm³/mol. The minimum Gasteiger partial charge on any atom is -0.392 e. The molecule has 0 unspecified atom stereocenters. The molecule has 0 aromatic carbocycles. The molecule has 12 heteroatoms. The van der Waals surface area contributed by atoms with E-state index in [1.165, 1.54) is 18.2 Å². The minimum atomic E-state index is -0.777. The molecule has 120 valence electrons. The van der Waals surface area contributed by atoms with E-state index < -0.39 is 21.5 Å². The minimum absolute atomic E-state index is 0.0377. The summed E-state index contributed by atoms with van der Waals surface area (Å²) in [5, 5.41) is 27.2. The Morgan fingerprint density at radius 3 is 2.26 bits per heavy atom. The summed E-state index contributed by atoms with van der Waals surface area (Å²) in [6.07, 6.45) is 0. The van der Waals surface area contributed by atoms with Crippen LogP contribution < -0.4 is 22.1 Å². The molecule has 0 spiro atoms. The van der Waals surface area contributed by atoms with Gasteiger partial charge >= 0.3 is 11.6 Å². The Kier molecular flexibility index (Phi) is 4.07. The summed E-state index contributed by atoms with van der Waals surface area (Å²) in [5.41, 5.74) is 11.1. The number of anilines is 5.